The van der Waals surface area contributed by atoms with Crippen molar-refractivity contribution in [3.63, 3.8) is 0 Å². The molecule has 1 unspecified atom stereocenters. The number of aryl methyl sites for hydroxylation is 1. The van der Waals surface area contributed by atoms with Gasteiger partial charge in [-0.05, 0) is 48.9 Å². The number of hydrogen-bond donors (Lipinski definition) is 1. The molecule has 0 spiro atoms. The Bertz CT molecular complexity index is 615. The van der Waals surface area contributed by atoms with Gasteiger partial charge in [0.1, 0.15) is 0 Å². The van der Waals surface area contributed by atoms with Gasteiger partial charge >= 0.3 is 0 Å². The standard InChI is InChI=1S/C16H17BrFNO/c1-10-8-11(4-6-13(10)17)16(19-2)12-5-7-15(20-3)14(18)9-12/h4-9,16,19H,1-3H3. The molecule has 4 heteroatoms. The molecule has 0 saturated carbocycles. The number of hydrogen-bond acceptors (Lipinski definition) is 2. The minimum absolute atomic E-state index is 0.0535. The average Bonchev–Trinajstić information content (AvgIpc) is 2.44. The summed E-state index contributed by atoms with van der Waals surface area (Å²) < 4.78 is 19.9. The molecule has 0 bridgehead atoms. The minimum atomic E-state index is -0.348. The normalized spacial score (nSPS) is 12.2. The second kappa shape index (κ2) is 6.37. The van der Waals surface area contributed by atoms with E-state index in [1.165, 1.54) is 13.2 Å². The Labute approximate surface area is 127 Å². The van der Waals surface area contributed by atoms with E-state index in [0.717, 1.165) is 21.2 Å². The lowest BCUT2D eigenvalue weighted by molar-refractivity contribution is 0.386. The van der Waals surface area contributed by atoms with Gasteiger partial charge in [0.2, 0.25) is 0 Å². The van der Waals surface area contributed by atoms with Crippen LogP contribution >= 0.6 is 15.9 Å². The van der Waals surface area contributed by atoms with Gasteiger partial charge in [-0.15, -0.1) is 0 Å². The Morgan fingerprint density at radius 1 is 1.15 bits per heavy atom. The Kier molecular flexibility index (Phi) is 4.78. The number of rotatable bonds is 4. The van der Waals surface area contributed by atoms with Crippen LogP contribution in [0.5, 0.6) is 5.75 Å². The summed E-state index contributed by atoms with van der Waals surface area (Å²) in [6, 6.07) is 11.1. The number of ether oxygens (including phenoxy) is 1. The van der Waals surface area contributed by atoms with Crippen molar-refractivity contribution in [2.75, 3.05) is 14.2 Å². The van der Waals surface area contributed by atoms with E-state index in [1.807, 2.05) is 32.2 Å². The molecule has 0 aromatic heterocycles. The first-order valence-corrected chi connectivity index (χ1v) is 7.13. The van der Waals surface area contributed by atoms with Gasteiger partial charge in [-0.25, -0.2) is 4.39 Å². The summed E-state index contributed by atoms with van der Waals surface area (Å²) >= 11 is 3.49. The molecule has 0 aliphatic rings. The highest BCUT2D eigenvalue weighted by atomic mass is 79.9. The third-order valence-electron chi connectivity index (χ3n) is 3.31. The molecule has 0 aliphatic carbocycles. The number of benzene rings is 2. The van der Waals surface area contributed by atoms with Crippen molar-refractivity contribution in [3.05, 3.63) is 63.4 Å². The number of halogens is 2. The lowest BCUT2D eigenvalue weighted by Crippen LogP contribution is -2.18. The molecule has 2 aromatic carbocycles. The second-order valence-corrected chi connectivity index (χ2v) is 5.48. The maximum atomic E-state index is 13.8. The molecule has 20 heavy (non-hydrogen) atoms. The fourth-order valence-corrected chi connectivity index (χ4v) is 2.48. The van der Waals surface area contributed by atoms with Crippen molar-refractivity contribution in [1.82, 2.24) is 5.32 Å². The van der Waals surface area contributed by atoms with Crippen LogP contribution in [-0.4, -0.2) is 14.2 Å². The maximum Gasteiger partial charge on any atom is 0.165 e. The van der Waals surface area contributed by atoms with Crippen LogP contribution in [-0.2, 0) is 0 Å². The van der Waals surface area contributed by atoms with Crippen molar-refractivity contribution in [2.24, 2.45) is 0 Å². The van der Waals surface area contributed by atoms with Crippen LogP contribution in [0.25, 0.3) is 0 Å². The van der Waals surface area contributed by atoms with Crippen LogP contribution < -0.4 is 10.1 Å². The fraction of sp³-hybridized carbons (Fsp3) is 0.250. The monoisotopic (exact) mass is 337 g/mol. The predicted molar refractivity (Wildman–Crippen MR) is 82.7 cm³/mol. The van der Waals surface area contributed by atoms with Crippen molar-refractivity contribution < 1.29 is 9.13 Å². The second-order valence-electron chi connectivity index (χ2n) is 4.62. The van der Waals surface area contributed by atoms with E-state index in [9.17, 15) is 4.39 Å². The number of nitrogens with one attached hydrogen (secondary N) is 1. The lowest BCUT2D eigenvalue weighted by atomic mass is 9.97. The molecule has 0 fully saturated rings. The van der Waals surface area contributed by atoms with E-state index in [2.05, 4.69) is 27.3 Å². The average molecular weight is 338 g/mol. The highest BCUT2D eigenvalue weighted by Gasteiger charge is 2.15. The Morgan fingerprint density at radius 2 is 1.80 bits per heavy atom. The summed E-state index contributed by atoms with van der Waals surface area (Å²) in [4.78, 5) is 0. The number of methoxy groups -OCH3 is 1. The van der Waals surface area contributed by atoms with Gasteiger partial charge in [0.05, 0.1) is 13.2 Å². The first-order chi connectivity index (χ1) is 9.56. The molecule has 106 valence electrons. The zero-order valence-electron chi connectivity index (χ0n) is 11.7. The van der Waals surface area contributed by atoms with Crippen LogP contribution in [0.3, 0.4) is 0 Å². The molecule has 0 heterocycles. The third kappa shape index (κ3) is 3.02. The molecular weight excluding hydrogens is 321 g/mol. The zero-order valence-corrected chi connectivity index (χ0v) is 13.3. The minimum Gasteiger partial charge on any atom is -0.494 e. The van der Waals surface area contributed by atoms with Gasteiger partial charge in [0.15, 0.2) is 11.6 Å². The molecule has 0 radical (unpaired) electrons. The van der Waals surface area contributed by atoms with Crippen LogP contribution in [0.4, 0.5) is 4.39 Å². The summed E-state index contributed by atoms with van der Waals surface area (Å²) in [6.07, 6.45) is 0. The molecule has 2 nitrogen and oxygen atoms in total. The summed E-state index contributed by atoms with van der Waals surface area (Å²) in [6.45, 7) is 2.04. The van der Waals surface area contributed by atoms with Gasteiger partial charge in [-0.2, -0.15) is 0 Å². The lowest BCUT2D eigenvalue weighted by Gasteiger charge is -2.19. The Morgan fingerprint density at radius 3 is 2.35 bits per heavy atom. The van der Waals surface area contributed by atoms with Gasteiger partial charge in [-0.1, -0.05) is 34.1 Å². The van der Waals surface area contributed by atoms with Gasteiger partial charge in [0, 0.05) is 4.47 Å². The molecule has 0 aliphatic heterocycles. The molecule has 0 amide bonds. The SMILES string of the molecule is CNC(c1ccc(Br)c(C)c1)c1ccc(OC)c(F)c1. The summed E-state index contributed by atoms with van der Waals surface area (Å²) in [5.41, 5.74) is 3.11. The Hall–Kier alpha value is -1.39. The first-order valence-electron chi connectivity index (χ1n) is 6.33. The van der Waals surface area contributed by atoms with Crippen LogP contribution in [0.15, 0.2) is 40.9 Å². The van der Waals surface area contributed by atoms with Gasteiger partial charge in [0.25, 0.3) is 0 Å². The fourth-order valence-electron chi connectivity index (χ4n) is 2.24. The van der Waals surface area contributed by atoms with E-state index >= 15 is 0 Å². The van der Waals surface area contributed by atoms with E-state index in [-0.39, 0.29) is 17.6 Å². The smallest absolute Gasteiger partial charge is 0.165 e. The van der Waals surface area contributed by atoms with Gasteiger partial charge in [-0.3, -0.25) is 0 Å². The van der Waals surface area contributed by atoms with E-state index < -0.39 is 0 Å². The summed E-state index contributed by atoms with van der Waals surface area (Å²) in [5, 5.41) is 3.22. The molecule has 0 saturated heterocycles. The largest absolute Gasteiger partial charge is 0.494 e. The third-order valence-corrected chi connectivity index (χ3v) is 4.20. The highest BCUT2D eigenvalue weighted by molar-refractivity contribution is 9.10. The van der Waals surface area contributed by atoms with E-state index in [0.29, 0.717) is 0 Å². The van der Waals surface area contributed by atoms with E-state index in [4.69, 9.17) is 4.74 Å². The van der Waals surface area contributed by atoms with Crippen molar-refractivity contribution in [1.29, 1.82) is 0 Å². The highest BCUT2D eigenvalue weighted by Crippen LogP contribution is 2.28. The quantitative estimate of drug-likeness (QED) is 0.902. The van der Waals surface area contributed by atoms with Crippen LogP contribution in [0.1, 0.15) is 22.7 Å². The van der Waals surface area contributed by atoms with E-state index in [1.54, 1.807) is 6.07 Å². The van der Waals surface area contributed by atoms with Crippen molar-refractivity contribution in [3.8, 4) is 5.75 Å². The van der Waals surface area contributed by atoms with Crippen LogP contribution in [0, 0.1) is 12.7 Å². The molecule has 2 rings (SSSR count). The summed E-state index contributed by atoms with van der Waals surface area (Å²) in [7, 11) is 3.33. The molecule has 2 aromatic rings. The topological polar surface area (TPSA) is 21.3 Å². The molecular formula is C16H17BrFNO. The van der Waals surface area contributed by atoms with Crippen molar-refractivity contribution in [2.45, 2.75) is 13.0 Å². The zero-order chi connectivity index (χ0) is 14.7. The summed E-state index contributed by atoms with van der Waals surface area (Å²) in [5.74, 6) is -0.0883. The van der Waals surface area contributed by atoms with Crippen LogP contribution in [0.2, 0.25) is 0 Å². The predicted octanol–water partition coefficient (Wildman–Crippen LogP) is 4.21. The maximum absolute atomic E-state index is 13.8. The van der Waals surface area contributed by atoms with Crippen molar-refractivity contribution >= 4 is 15.9 Å². The molecule has 1 N–H and O–H groups in total. The molecule has 1 atom stereocenters. The first kappa shape index (κ1) is 15.0. The Balaban J connectivity index is 2.41. The van der Waals surface area contributed by atoms with Gasteiger partial charge < -0.3 is 10.1 Å².